The van der Waals surface area contributed by atoms with Gasteiger partial charge in [0.15, 0.2) is 0 Å². The number of carboxylic acids is 1. The number of likely N-dealkylation sites (tertiary alicyclic amines) is 1. The second kappa shape index (κ2) is 7.85. The van der Waals surface area contributed by atoms with Crippen LogP contribution in [0.3, 0.4) is 0 Å². The highest BCUT2D eigenvalue weighted by Crippen LogP contribution is 2.23. The molecule has 1 aliphatic carbocycles. The molecule has 0 amide bonds. The van der Waals surface area contributed by atoms with Gasteiger partial charge in [0.1, 0.15) is 0 Å². The number of carboxylic acid groups (broad SMARTS) is 1. The van der Waals surface area contributed by atoms with Crippen molar-refractivity contribution in [2.75, 3.05) is 32.7 Å². The number of hydrogen-bond acceptors (Lipinski definition) is 3. The molecule has 1 aliphatic heterocycles. The van der Waals surface area contributed by atoms with Crippen LogP contribution >= 0.6 is 0 Å². The summed E-state index contributed by atoms with van der Waals surface area (Å²) in [5, 5.41) is 8.90. The van der Waals surface area contributed by atoms with E-state index in [0.29, 0.717) is 6.04 Å². The Morgan fingerprint density at radius 2 is 1.74 bits per heavy atom. The Hall–Kier alpha value is -0.610. The monoisotopic (exact) mass is 268 g/mol. The smallest absolute Gasteiger partial charge is 0.304 e. The Balaban J connectivity index is 1.79. The topological polar surface area (TPSA) is 43.8 Å². The van der Waals surface area contributed by atoms with Crippen molar-refractivity contribution in [2.24, 2.45) is 0 Å². The lowest BCUT2D eigenvalue weighted by Gasteiger charge is -2.35. The molecule has 2 aliphatic rings. The van der Waals surface area contributed by atoms with Crippen LogP contribution in [-0.4, -0.2) is 59.6 Å². The fourth-order valence-electron chi connectivity index (χ4n) is 3.44. The van der Waals surface area contributed by atoms with Crippen LogP contribution in [-0.2, 0) is 4.79 Å². The van der Waals surface area contributed by atoms with E-state index in [0.717, 1.165) is 19.6 Å². The lowest BCUT2D eigenvalue weighted by Crippen LogP contribution is -2.42. The predicted molar refractivity (Wildman–Crippen MR) is 76.4 cm³/mol. The molecule has 0 aromatic heterocycles. The van der Waals surface area contributed by atoms with Gasteiger partial charge in [-0.1, -0.05) is 19.3 Å². The van der Waals surface area contributed by atoms with Gasteiger partial charge in [0.2, 0.25) is 0 Å². The summed E-state index contributed by atoms with van der Waals surface area (Å²) < 4.78 is 0. The van der Waals surface area contributed by atoms with E-state index in [4.69, 9.17) is 5.11 Å². The summed E-state index contributed by atoms with van der Waals surface area (Å²) in [4.78, 5) is 15.8. The van der Waals surface area contributed by atoms with Gasteiger partial charge in [-0.25, -0.2) is 0 Å². The number of aliphatic carboxylic acids is 1. The molecule has 19 heavy (non-hydrogen) atoms. The summed E-state index contributed by atoms with van der Waals surface area (Å²) in [7, 11) is 0. The number of hydrogen-bond donors (Lipinski definition) is 1. The van der Waals surface area contributed by atoms with Gasteiger partial charge in [-0.3, -0.25) is 9.69 Å². The van der Waals surface area contributed by atoms with Crippen molar-refractivity contribution in [3.05, 3.63) is 0 Å². The molecule has 4 nitrogen and oxygen atoms in total. The second-order valence-electron chi connectivity index (χ2n) is 6.02. The van der Waals surface area contributed by atoms with Crippen LogP contribution in [0.5, 0.6) is 0 Å². The van der Waals surface area contributed by atoms with E-state index >= 15 is 0 Å². The Labute approximate surface area is 116 Å². The fourth-order valence-corrected chi connectivity index (χ4v) is 3.44. The van der Waals surface area contributed by atoms with E-state index in [1.807, 2.05) is 0 Å². The Bertz CT molecular complexity index is 271. The quantitative estimate of drug-likeness (QED) is 0.768. The molecule has 0 spiro atoms. The van der Waals surface area contributed by atoms with E-state index in [2.05, 4.69) is 9.80 Å². The van der Waals surface area contributed by atoms with E-state index in [-0.39, 0.29) is 6.42 Å². The molecule has 2 fully saturated rings. The van der Waals surface area contributed by atoms with Crippen molar-refractivity contribution in [1.29, 1.82) is 0 Å². The van der Waals surface area contributed by atoms with E-state index in [1.54, 1.807) is 0 Å². The highest BCUT2D eigenvalue weighted by Gasteiger charge is 2.22. The number of rotatable bonds is 7. The van der Waals surface area contributed by atoms with Crippen molar-refractivity contribution in [3.63, 3.8) is 0 Å². The largest absolute Gasteiger partial charge is 0.481 e. The molecule has 1 saturated heterocycles. The highest BCUT2D eigenvalue weighted by molar-refractivity contribution is 5.66. The molecule has 1 heterocycles. The Kier molecular flexibility index (Phi) is 6.11. The zero-order valence-electron chi connectivity index (χ0n) is 12.0. The van der Waals surface area contributed by atoms with Crippen molar-refractivity contribution < 1.29 is 9.90 Å². The van der Waals surface area contributed by atoms with Crippen LogP contribution in [0.2, 0.25) is 0 Å². The number of carbonyl (C=O) groups is 1. The molecule has 0 unspecified atom stereocenters. The first kappa shape index (κ1) is 14.8. The van der Waals surface area contributed by atoms with E-state index in [1.165, 1.54) is 58.0 Å². The Morgan fingerprint density at radius 1 is 1.05 bits per heavy atom. The van der Waals surface area contributed by atoms with Crippen LogP contribution in [0.15, 0.2) is 0 Å². The third-order valence-electron chi connectivity index (χ3n) is 4.61. The highest BCUT2D eigenvalue weighted by atomic mass is 16.4. The summed E-state index contributed by atoms with van der Waals surface area (Å²) in [6.45, 7) is 5.37. The zero-order chi connectivity index (χ0) is 13.5. The maximum absolute atomic E-state index is 10.8. The van der Waals surface area contributed by atoms with Gasteiger partial charge in [0.05, 0.1) is 6.42 Å². The van der Waals surface area contributed by atoms with Crippen LogP contribution in [0.1, 0.15) is 51.4 Å². The lowest BCUT2D eigenvalue weighted by molar-refractivity contribution is -0.137. The van der Waals surface area contributed by atoms with Gasteiger partial charge in [-0.2, -0.15) is 0 Å². The first-order valence-electron chi connectivity index (χ1n) is 7.94. The molecular formula is C15H28N2O2. The molecule has 110 valence electrons. The first-order chi connectivity index (χ1) is 9.25. The molecule has 0 aromatic carbocycles. The lowest BCUT2D eigenvalue weighted by atomic mass is 9.94. The average Bonchev–Trinajstić information content (AvgIpc) is 2.93. The fraction of sp³-hybridized carbons (Fsp3) is 0.933. The van der Waals surface area contributed by atoms with Gasteiger partial charge in [0.25, 0.3) is 0 Å². The molecule has 1 saturated carbocycles. The van der Waals surface area contributed by atoms with Crippen LogP contribution in [0.4, 0.5) is 0 Å². The van der Waals surface area contributed by atoms with Crippen LogP contribution in [0.25, 0.3) is 0 Å². The van der Waals surface area contributed by atoms with Gasteiger partial charge in [-0.15, -0.1) is 0 Å². The number of nitrogens with zero attached hydrogens (tertiary/aromatic N) is 2. The third kappa shape index (κ3) is 5.11. The van der Waals surface area contributed by atoms with Crippen molar-refractivity contribution in [2.45, 2.75) is 57.4 Å². The predicted octanol–water partition coefficient (Wildman–Crippen LogP) is 2.19. The maximum atomic E-state index is 10.8. The van der Waals surface area contributed by atoms with E-state index in [9.17, 15) is 4.79 Å². The molecular weight excluding hydrogens is 240 g/mol. The normalized spacial score (nSPS) is 22.2. The van der Waals surface area contributed by atoms with Crippen molar-refractivity contribution >= 4 is 5.97 Å². The zero-order valence-corrected chi connectivity index (χ0v) is 12.0. The average molecular weight is 268 g/mol. The van der Waals surface area contributed by atoms with Gasteiger partial charge in [0, 0.05) is 25.7 Å². The molecule has 0 radical (unpaired) electrons. The summed E-state index contributed by atoms with van der Waals surface area (Å²) >= 11 is 0. The van der Waals surface area contributed by atoms with Gasteiger partial charge >= 0.3 is 5.97 Å². The minimum atomic E-state index is -0.665. The molecule has 0 atom stereocenters. The Morgan fingerprint density at radius 3 is 2.37 bits per heavy atom. The standard InChI is InChI=1S/C15H28N2O2/c18-15(19)8-11-17(14-6-2-1-3-7-14)13-12-16-9-4-5-10-16/h14H,1-13H2,(H,18,19). The molecule has 1 N–H and O–H groups in total. The summed E-state index contributed by atoms with van der Waals surface area (Å²) in [6, 6.07) is 0.635. The minimum absolute atomic E-state index is 0.288. The summed E-state index contributed by atoms with van der Waals surface area (Å²) in [5.41, 5.74) is 0. The summed E-state index contributed by atoms with van der Waals surface area (Å²) in [6.07, 6.45) is 9.47. The SMILES string of the molecule is O=C(O)CCN(CCN1CCCC1)C1CCCCC1. The third-order valence-corrected chi connectivity index (χ3v) is 4.61. The van der Waals surface area contributed by atoms with Gasteiger partial charge in [-0.05, 0) is 38.8 Å². The molecule has 2 rings (SSSR count). The molecule has 0 aromatic rings. The first-order valence-corrected chi connectivity index (χ1v) is 7.94. The van der Waals surface area contributed by atoms with Crippen molar-refractivity contribution in [1.82, 2.24) is 9.80 Å². The van der Waals surface area contributed by atoms with Crippen LogP contribution in [0, 0.1) is 0 Å². The molecule has 0 bridgehead atoms. The van der Waals surface area contributed by atoms with E-state index < -0.39 is 5.97 Å². The molecule has 4 heteroatoms. The maximum Gasteiger partial charge on any atom is 0.304 e. The van der Waals surface area contributed by atoms with Gasteiger partial charge < -0.3 is 10.0 Å². The van der Waals surface area contributed by atoms with Crippen LogP contribution < -0.4 is 0 Å². The second-order valence-corrected chi connectivity index (χ2v) is 6.02. The summed E-state index contributed by atoms with van der Waals surface area (Å²) in [5.74, 6) is -0.665. The minimum Gasteiger partial charge on any atom is -0.481 e. The van der Waals surface area contributed by atoms with Crippen molar-refractivity contribution in [3.8, 4) is 0 Å².